The van der Waals surface area contributed by atoms with Crippen LogP contribution in [-0.4, -0.2) is 21.1 Å². The molecule has 3 nitrogen and oxygen atoms in total. The molecule has 96 valence electrons. The standard InChI is InChI=1S/C11H8ClF3N2O/c12-7-1-2-10(18)8(5-7)9-3-4-17(16-9)6-11(13,14)15/h1-5,18H,6H2. The van der Waals surface area contributed by atoms with Crippen molar-refractivity contribution in [2.75, 3.05) is 0 Å². The second-order valence-electron chi connectivity index (χ2n) is 3.68. The molecule has 1 N–H and O–H groups in total. The summed E-state index contributed by atoms with van der Waals surface area (Å²) in [6.45, 7) is -1.17. The van der Waals surface area contributed by atoms with Crippen LogP contribution >= 0.6 is 11.6 Å². The Morgan fingerprint density at radius 3 is 2.67 bits per heavy atom. The summed E-state index contributed by atoms with van der Waals surface area (Å²) in [6.07, 6.45) is -3.14. The molecule has 0 aliphatic carbocycles. The molecule has 18 heavy (non-hydrogen) atoms. The molecule has 0 fully saturated rings. The van der Waals surface area contributed by atoms with Gasteiger partial charge >= 0.3 is 6.18 Å². The van der Waals surface area contributed by atoms with Crippen LogP contribution in [0.5, 0.6) is 5.75 Å². The van der Waals surface area contributed by atoms with E-state index < -0.39 is 12.7 Å². The lowest BCUT2D eigenvalue weighted by molar-refractivity contribution is -0.142. The SMILES string of the molecule is Oc1ccc(Cl)cc1-c1ccn(CC(F)(F)F)n1. The molecule has 2 aromatic rings. The van der Waals surface area contributed by atoms with E-state index in [0.717, 1.165) is 4.68 Å². The quantitative estimate of drug-likeness (QED) is 0.912. The van der Waals surface area contributed by atoms with Crippen molar-refractivity contribution >= 4 is 11.6 Å². The van der Waals surface area contributed by atoms with Gasteiger partial charge in [-0.25, -0.2) is 0 Å². The molecule has 7 heteroatoms. The number of phenols is 1. The maximum atomic E-state index is 12.2. The number of halogens is 4. The Labute approximate surface area is 105 Å². The number of phenolic OH excluding ortho intramolecular Hbond substituents is 1. The van der Waals surface area contributed by atoms with Crippen LogP contribution in [0.15, 0.2) is 30.5 Å². The lowest BCUT2D eigenvalue weighted by atomic mass is 10.1. The van der Waals surface area contributed by atoms with Crippen LogP contribution in [0.2, 0.25) is 5.02 Å². The summed E-state index contributed by atoms with van der Waals surface area (Å²) in [7, 11) is 0. The Bertz CT molecular complexity index is 566. The fourth-order valence-corrected chi connectivity index (χ4v) is 1.66. The molecule has 0 aliphatic heterocycles. The lowest BCUT2D eigenvalue weighted by Crippen LogP contribution is -2.17. The molecule has 2 rings (SSSR count). The maximum Gasteiger partial charge on any atom is 0.408 e. The van der Waals surface area contributed by atoms with Crippen LogP contribution in [0.1, 0.15) is 0 Å². The van der Waals surface area contributed by atoms with Gasteiger partial charge in [0.05, 0.1) is 5.69 Å². The fraction of sp³-hybridized carbons (Fsp3) is 0.182. The highest BCUT2D eigenvalue weighted by Crippen LogP contribution is 2.30. The molecule has 0 bridgehead atoms. The van der Waals surface area contributed by atoms with Crippen molar-refractivity contribution in [2.24, 2.45) is 0 Å². The number of alkyl halides is 3. The summed E-state index contributed by atoms with van der Waals surface area (Å²) in [5.74, 6) is -0.0864. The van der Waals surface area contributed by atoms with Crippen LogP contribution in [-0.2, 0) is 6.54 Å². The van der Waals surface area contributed by atoms with Gasteiger partial charge in [-0.05, 0) is 24.3 Å². The van der Waals surface area contributed by atoms with E-state index in [1.807, 2.05) is 0 Å². The fourth-order valence-electron chi connectivity index (χ4n) is 1.49. The van der Waals surface area contributed by atoms with E-state index in [9.17, 15) is 18.3 Å². The zero-order valence-corrected chi connectivity index (χ0v) is 9.70. The van der Waals surface area contributed by atoms with E-state index >= 15 is 0 Å². The Kier molecular flexibility index (Phi) is 3.21. The number of hydrogen-bond acceptors (Lipinski definition) is 2. The van der Waals surface area contributed by atoms with Crippen molar-refractivity contribution in [1.29, 1.82) is 0 Å². The third kappa shape index (κ3) is 2.95. The summed E-state index contributed by atoms with van der Waals surface area (Å²) in [6, 6.07) is 5.67. The van der Waals surface area contributed by atoms with Crippen molar-refractivity contribution in [2.45, 2.75) is 12.7 Å². The number of aromatic nitrogens is 2. The summed E-state index contributed by atoms with van der Waals surface area (Å²) in [5.41, 5.74) is 0.530. The van der Waals surface area contributed by atoms with Gasteiger partial charge in [0.2, 0.25) is 0 Å². The van der Waals surface area contributed by atoms with Crippen molar-refractivity contribution in [3.8, 4) is 17.0 Å². The van der Waals surface area contributed by atoms with Crippen molar-refractivity contribution < 1.29 is 18.3 Å². The molecular weight excluding hydrogens is 269 g/mol. The topological polar surface area (TPSA) is 38.0 Å². The zero-order valence-electron chi connectivity index (χ0n) is 8.95. The van der Waals surface area contributed by atoms with E-state index in [2.05, 4.69) is 5.10 Å². The molecule has 1 aromatic heterocycles. The van der Waals surface area contributed by atoms with Crippen LogP contribution in [0.3, 0.4) is 0 Å². The minimum atomic E-state index is -4.33. The summed E-state index contributed by atoms with van der Waals surface area (Å²) in [5, 5.41) is 13.7. The van der Waals surface area contributed by atoms with Gasteiger partial charge in [-0.1, -0.05) is 11.6 Å². The van der Waals surface area contributed by atoms with Gasteiger partial charge in [0, 0.05) is 16.8 Å². The van der Waals surface area contributed by atoms with E-state index in [0.29, 0.717) is 10.6 Å². The van der Waals surface area contributed by atoms with Crippen molar-refractivity contribution in [1.82, 2.24) is 9.78 Å². The average molecular weight is 277 g/mol. The molecule has 0 radical (unpaired) electrons. The predicted octanol–water partition coefficient (Wildman–Crippen LogP) is 3.47. The summed E-state index contributed by atoms with van der Waals surface area (Å²) >= 11 is 5.75. The molecule has 1 heterocycles. The molecule has 0 aliphatic rings. The normalized spacial score (nSPS) is 11.8. The van der Waals surface area contributed by atoms with Gasteiger partial charge < -0.3 is 5.11 Å². The number of hydrogen-bond donors (Lipinski definition) is 1. The molecule has 0 saturated heterocycles. The monoisotopic (exact) mass is 276 g/mol. The molecule has 0 atom stereocenters. The lowest BCUT2D eigenvalue weighted by Gasteiger charge is -2.06. The second kappa shape index (κ2) is 4.53. The predicted molar refractivity (Wildman–Crippen MR) is 60.4 cm³/mol. The van der Waals surface area contributed by atoms with Crippen LogP contribution in [0.4, 0.5) is 13.2 Å². The van der Waals surface area contributed by atoms with Crippen LogP contribution in [0.25, 0.3) is 11.3 Å². The minimum absolute atomic E-state index is 0.0864. The number of benzene rings is 1. The van der Waals surface area contributed by atoms with Crippen LogP contribution < -0.4 is 0 Å². The first-order valence-corrected chi connectivity index (χ1v) is 5.32. The molecule has 0 saturated carbocycles. The first-order valence-electron chi connectivity index (χ1n) is 4.94. The number of nitrogens with zero attached hydrogens (tertiary/aromatic N) is 2. The minimum Gasteiger partial charge on any atom is -0.507 e. The highest BCUT2D eigenvalue weighted by atomic mass is 35.5. The molecule has 0 amide bonds. The van der Waals surface area contributed by atoms with Gasteiger partial charge in [0.25, 0.3) is 0 Å². The highest BCUT2D eigenvalue weighted by Gasteiger charge is 2.28. The van der Waals surface area contributed by atoms with Gasteiger partial charge in [-0.3, -0.25) is 4.68 Å². The number of rotatable bonds is 2. The summed E-state index contributed by atoms with van der Waals surface area (Å²) in [4.78, 5) is 0. The van der Waals surface area contributed by atoms with Crippen molar-refractivity contribution in [3.05, 3.63) is 35.5 Å². The molecular formula is C11H8ClF3N2O. The number of aromatic hydroxyl groups is 1. The molecule has 1 aromatic carbocycles. The van der Waals surface area contributed by atoms with Gasteiger partial charge in [-0.2, -0.15) is 18.3 Å². The highest BCUT2D eigenvalue weighted by molar-refractivity contribution is 6.30. The van der Waals surface area contributed by atoms with E-state index in [1.54, 1.807) is 0 Å². The largest absolute Gasteiger partial charge is 0.507 e. The Balaban J connectivity index is 2.32. The van der Waals surface area contributed by atoms with Gasteiger partial charge in [0.15, 0.2) is 0 Å². The maximum absolute atomic E-state index is 12.2. The average Bonchev–Trinajstić information content (AvgIpc) is 2.67. The van der Waals surface area contributed by atoms with E-state index in [1.165, 1.54) is 30.5 Å². The summed E-state index contributed by atoms with van der Waals surface area (Å²) < 4.78 is 37.3. The second-order valence-corrected chi connectivity index (χ2v) is 4.11. The van der Waals surface area contributed by atoms with Gasteiger partial charge in [-0.15, -0.1) is 0 Å². The zero-order chi connectivity index (χ0) is 13.3. The van der Waals surface area contributed by atoms with Crippen LogP contribution in [0, 0.1) is 0 Å². The van der Waals surface area contributed by atoms with E-state index in [4.69, 9.17) is 11.6 Å². The van der Waals surface area contributed by atoms with Gasteiger partial charge in [0.1, 0.15) is 12.3 Å². The Morgan fingerprint density at radius 2 is 2.00 bits per heavy atom. The molecule has 0 spiro atoms. The third-order valence-electron chi connectivity index (χ3n) is 2.22. The smallest absolute Gasteiger partial charge is 0.408 e. The van der Waals surface area contributed by atoms with E-state index in [-0.39, 0.29) is 11.4 Å². The first-order chi connectivity index (χ1) is 8.35. The Morgan fingerprint density at radius 1 is 1.28 bits per heavy atom. The molecule has 0 unspecified atom stereocenters. The van der Waals surface area contributed by atoms with Crippen molar-refractivity contribution in [3.63, 3.8) is 0 Å². The Hall–Kier alpha value is -1.69. The third-order valence-corrected chi connectivity index (χ3v) is 2.45. The first kappa shape index (κ1) is 12.8.